The molecule has 1 atom stereocenters. The van der Waals surface area contributed by atoms with Gasteiger partial charge in [-0.05, 0) is 19.1 Å². The predicted molar refractivity (Wildman–Crippen MR) is 62.4 cm³/mol. The molecule has 0 saturated heterocycles. The van der Waals surface area contributed by atoms with E-state index >= 15 is 0 Å². The molecule has 0 fully saturated rings. The molecule has 3 nitrogen and oxygen atoms in total. The van der Waals surface area contributed by atoms with Crippen molar-refractivity contribution in [3.05, 3.63) is 51.5 Å². The molecule has 2 rings (SSSR count). The van der Waals surface area contributed by atoms with Gasteiger partial charge in [0.05, 0.1) is 16.7 Å². The molecule has 1 aromatic carbocycles. The highest BCUT2D eigenvalue weighted by Crippen LogP contribution is 2.26. The molecule has 17 heavy (non-hydrogen) atoms. The fourth-order valence-electron chi connectivity index (χ4n) is 1.62. The van der Waals surface area contributed by atoms with Crippen molar-refractivity contribution in [2.75, 3.05) is 0 Å². The standard InChI is InChI=1S/C11H11F2N3S/c1-6-15-9(5-17-6)11(16-14)10-7(12)3-2-4-8(10)13/h2-5,11,16H,14H2,1H3. The molecule has 2 aromatic rings. The maximum atomic E-state index is 13.6. The molecule has 1 heterocycles. The van der Waals surface area contributed by atoms with Crippen LogP contribution in [0.5, 0.6) is 0 Å². The number of rotatable bonds is 3. The molecule has 0 aliphatic rings. The van der Waals surface area contributed by atoms with Gasteiger partial charge in [-0.1, -0.05) is 6.07 Å². The minimum absolute atomic E-state index is 0.111. The van der Waals surface area contributed by atoms with Gasteiger partial charge in [0.1, 0.15) is 11.6 Å². The van der Waals surface area contributed by atoms with Crippen LogP contribution in [0.1, 0.15) is 22.3 Å². The smallest absolute Gasteiger partial charge is 0.131 e. The zero-order chi connectivity index (χ0) is 12.4. The minimum Gasteiger partial charge on any atom is -0.271 e. The monoisotopic (exact) mass is 255 g/mol. The van der Waals surface area contributed by atoms with Crippen molar-refractivity contribution in [2.45, 2.75) is 13.0 Å². The van der Waals surface area contributed by atoms with Crippen LogP contribution >= 0.6 is 11.3 Å². The van der Waals surface area contributed by atoms with Gasteiger partial charge in [-0.15, -0.1) is 11.3 Å². The number of halogens is 2. The van der Waals surface area contributed by atoms with Gasteiger partial charge in [0, 0.05) is 10.9 Å². The summed E-state index contributed by atoms with van der Waals surface area (Å²) in [4.78, 5) is 4.18. The molecule has 6 heteroatoms. The first kappa shape index (κ1) is 12.1. The van der Waals surface area contributed by atoms with E-state index in [1.54, 1.807) is 5.38 Å². The van der Waals surface area contributed by atoms with E-state index < -0.39 is 17.7 Å². The largest absolute Gasteiger partial charge is 0.271 e. The second-order valence-electron chi connectivity index (χ2n) is 3.53. The summed E-state index contributed by atoms with van der Waals surface area (Å²) in [5, 5.41) is 2.54. The molecule has 1 aromatic heterocycles. The lowest BCUT2D eigenvalue weighted by Crippen LogP contribution is -2.30. The fourth-order valence-corrected chi connectivity index (χ4v) is 2.25. The maximum absolute atomic E-state index is 13.6. The number of nitrogens with two attached hydrogens (primary N) is 1. The number of hydrogen-bond donors (Lipinski definition) is 2. The number of nitrogens with zero attached hydrogens (tertiary/aromatic N) is 1. The van der Waals surface area contributed by atoms with Crippen LogP contribution in [0.25, 0.3) is 0 Å². The third-order valence-corrected chi connectivity index (χ3v) is 3.18. The van der Waals surface area contributed by atoms with E-state index in [2.05, 4.69) is 10.4 Å². The molecule has 0 spiro atoms. The average Bonchev–Trinajstić information content (AvgIpc) is 2.70. The number of hydrogen-bond acceptors (Lipinski definition) is 4. The van der Waals surface area contributed by atoms with Gasteiger partial charge < -0.3 is 0 Å². The van der Waals surface area contributed by atoms with Crippen LogP contribution in [0.4, 0.5) is 8.78 Å². The Morgan fingerprint density at radius 3 is 2.47 bits per heavy atom. The first-order valence-corrected chi connectivity index (χ1v) is 5.83. The number of aromatic nitrogens is 1. The van der Waals surface area contributed by atoms with Gasteiger partial charge in [0.25, 0.3) is 0 Å². The molecule has 3 N–H and O–H groups in total. The lowest BCUT2D eigenvalue weighted by Gasteiger charge is -2.15. The summed E-state index contributed by atoms with van der Waals surface area (Å²) in [7, 11) is 0. The highest BCUT2D eigenvalue weighted by Gasteiger charge is 2.22. The summed E-state index contributed by atoms with van der Waals surface area (Å²) in [6.07, 6.45) is 0. The highest BCUT2D eigenvalue weighted by atomic mass is 32.1. The Morgan fingerprint density at radius 2 is 2.00 bits per heavy atom. The van der Waals surface area contributed by atoms with Crippen LogP contribution in [0.2, 0.25) is 0 Å². The molecule has 1 unspecified atom stereocenters. The molecule has 0 aliphatic carbocycles. The summed E-state index contributed by atoms with van der Waals surface area (Å²) in [5.41, 5.74) is 2.80. The van der Waals surface area contributed by atoms with Gasteiger partial charge >= 0.3 is 0 Å². The fraction of sp³-hybridized carbons (Fsp3) is 0.182. The number of benzene rings is 1. The summed E-state index contributed by atoms with van der Waals surface area (Å²) in [5.74, 6) is 4.08. The molecular weight excluding hydrogens is 244 g/mol. The number of nitrogens with one attached hydrogen (secondary N) is 1. The van der Waals surface area contributed by atoms with Crippen LogP contribution in [0, 0.1) is 18.6 Å². The van der Waals surface area contributed by atoms with Crippen molar-refractivity contribution in [2.24, 2.45) is 5.84 Å². The van der Waals surface area contributed by atoms with Gasteiger partial charge in [-0.25, -0.2) is 19.2 Å². The van der Waals surface area contributed by atoms with Gasteiger partial charge in [0.15, 0.2) is 0 Å². The molecule has 0 aliphatic heterocycles. The molecule has 90 valence electrons. The first-order valence-electron chi connectivity index (χ1n) is 4.95. The maximum Gasteiger partial charge on any atom is 0.131 e. The van der Waals surface area contributed by atoms with Crippen LogP contribution in [0.15, 0.2) is 23.6 Å². The Bertz CT molecular complexity index is 507. The second kappa shape index (κ2) is 4.87. The van der Waals surface area contributed by atoms with Crippen molar-refractivity contribution in [1.82, 2.24) is 10.4 Å². The molecular formula is C11H11F2N3S. The van der Waals surface area contributed by atoms with E-state index in [9.17, 15) is 8.78 Å². The van der Waals surface area contributed by atoms with Crippen molar-refractivity contribution >= 4 is 11.3 Å². The van der Waals surface area contributed by atoms with Gasteiger partial charge in [-0.2, -0.15) is 0 Å². The van der Waals surface area contributed by atoms with E-state index in [1.165, 1.54) is 29.5 Å². The second-order valence-corrected chi connectivity index (χ2v) is 4.59. The zero-order valence-corrected chi connectivity index (χ0v) is 9.89. The molecule has 0 amide bonds. The van der Waals surface area contributed by atoms with E-state index in [-0.39, 0.29) is 5.56 Å². The average molecular weight is 255 g/mol. The number of aryl methyl sites for hydroxylation is 1. The van der Waals surface area contributed by atoms with E-state index in [0.717, 1.165) is 5.01 Å². The van der Waals surface area contributed by atoms with Crippen LogP contribution < -0.4 is 11.3 Å². The molecule has 0 bridgehead atoms. The Kier molecular flexibility index (Phi) is 3.46. The zero-order valence-electron chi connectivity index (χ0n) is 9.08. The van der Waals surface area contributed by atoms with Crippen LogP contribution in [0.3, 0.4) is 0 Å². The Morgan fingerprint density at radius 1 is 1.35 bits per heavy atom. The van der Waals surface area contributed by atoms with Gasteiger partial charge in [0.2, 0.25) is 0 Å². The lowest BCUT2D eigenvalue weighted by atomic mass is 10.0. The van der Waals surface area contributed by atoms with Crippen molar-refractivity contribution in [1.29, 1.82) is 0 Å². The van der Waals surface area contributed by atoms with Crippen molar-refractivity contribution < 1.29 is 8.78 Å². The third-order valence-electron chi connectivity index (χ3n) is 2.39. The molecule has 0 radical (unpaired) electrons. The molecule has 0 saturated carbocycles. The highest BCUT2D eigenvalue weighted by molar-refractivity contribution is 7.09. The SMILES string of the molecule is Cc1nc(C(NN)c2c(F)cccc2F)cs1. The normalized spacial score (nSPS) is 12.7. The third kappa shape index (κ3) is 2.33. The van der Waals surface area contributed by atoms with E-state index in [0.29, 0.717) is 5.69 Å². The summed E-state index contributed by atoms with van der Waals surface area (Å²) in [6.45, 7) is 1.82. The Labute approximate surface area is 101 Å². The minimum atomic E-state index is -0.777. The van der Waals surface area contributed by atoms with Crippen molar-refractivity contribution in [3.63, 3.8) is 0 Å². The summed E-state index contributed by atoms with van der Waals surface area (Å²) in [6, 6.07) is 2.93. The van der Waals surface area contributed by atoms with E-state index in [1.807, 2.05) is 6.92 Å². The van der Waals surface area contributed by atoms with Crippen LogP contribution in [-0.2, 0) is 0 Å². The van der Waals surface area contributed by atoms with Crippen LogP contribution in [-0.4, -0.2) is 4.98 Å². The summed E-state index contributed by atoms with van der Waals surface area (Å²) < 4.78 is 27.2. The van der Waals surface area contributed by atoms with Gasteiger partial charge in [-0.3, -0.25) is 5.84 Å². The Balaban J connectivity index is 2.49. The quantitative estimate of drug-likeness (QED) is 0.653. The predicted octanol–water partition coefficient (Wildman–Crippen LogP) is 2.28. The summed E-state index contributed by atoms with van der Waals surface area (Å²) >= 11 is 1.40. The lowest BCUT2D eigenvalue weighted by molar-refractivity contribution is 0.506. The number of hydrazine groups is 1. The van der Waals surface area contributed by atoms with E-state index in [4.69, 9.17) is 5.84 Å². The van der Waals surface area contributed by atoms with Crippen molar-refractivity contribution in [3.8, 4) is 0 Å². The first-order chi connectivity index (χ1) is 8.13. The topological polar surface area (TPSA) is 50.9 Å². The Hall–Kier alpha value is -1.37. The number of thiazole rings is 1.